The van der Waals surface area contributed by atoms with Crippen LogP contribution in [0, 0.1) is 6.92 Å². The molecule has 0 spiro atoms. The Hall–Kier alpha value is -0.920. The zero-order chi connectivity index (χ0) is 12.3. The summed E-state index contributed by atoms with van der Waals surface area (Å²) in [4.78, 5) is 5.60. The molecule has 0 saturated carbocycles. The Morgan fingerprint density at radius 1 is 1.47 bits per heavy atom. The van der Waals surface area contributed by atoms with Gasteiger partial charge in [-0.25, -0.2) is 4.98 Å². The van der Waals surface area contributed by atoms with Crippen molar-refractivity contribution in [3.05, 3.63) is 21.9 Å². The summed E-state index contributed by atoms with van der Waals surface area (Å²) in [6, 6.07) is 0. The van der Waals surface area contributed by atoms with Crippen molar-refractivity contribution >= 4 is 23.1 Å². The smallest absolute Gasteiger partial charge is 0.191 e. The Bertz CT molecular complexity index is 491. The third kappa shape index (κ3) is 2.85. The van der Waals surface area contributed by atoms with Crippen LogP contribution >= 0.6 is 23.1 Å². The molecule has 0 radical (unpaired) electrons. The van der Waals surface area contributed by atoms with E-state index in [1.165, 1.54) is 4.88 Å². The summed E-state index contributed by atoms with van der Waals surface area (Å²) >= 11 is 3.35. The molecule has 0 aromatic carbocycles. The van der Waals surface area contributed by atoms with Crippen LogP contribution in [0.2, 0.25) is 0 Å². The second kappa shape index (κ2) is 5.61. The fourth-order valence-electron chi connectivity index (χ4n) is 1.38. The highest BCUT2D eigenvalue weighted by Crippen LogP contribution is 2.23. The third-order valence-electron chi connectivity index (χ3n) is 2.44. The number of thiazole rings is 1. The van der Waals surface area contributed by atoms with E-state index in [0.717, 1.165) is 29.0 Å². The van der Waals surface area contributed by atoms with Crippen molar-refractivity contribution in [1.29, 1.82) is 0 Å². The number of hydrogen-bond donors (Lipinski definition) is 1. The second-order valence-electron chi connectivity index (χ2n) is 3.63. The summed E-state index contributed by atoms with van der Waals surface area (Å²) in [6.45, 7) is 2.83. The van der Waals surface area contributed by atoms with Gasteiger partial charge in [0, 0.05) is 17.7 Å². The predicted octanol–water partition coefficient (Wildman–Crippen LogP) is 1.59. The molecule has 1 N–H and O–H groups in total. The molecule has 0 aliphatic heterocycles. The zero-order valence-corrected chi connectivity index (χ0v) is 11.7. The van der Waals surface area contributed by atoms with Gasteiger partial charge in [-0.15, -0.1) is 21.5 Å². The van der Waals surface area contributed by atoms with E-state index in [-0.39, 0.29) is 0 Å². The number of thioether (sulfide) groups is 1. The minimum absolute atomic E-state index is 0.736. The van der Waals surface area contributed by atoms with Crippen LogP contribution in [0.3, 0.4) is 0 Å². The Morgan fingerprint density at radius 2 is 2.29 bits per heavy atom. The van der Waals surface area contributed by atoms with Gasteiger partial charge < -0.3 is 9.88 Å². The van der Waals surface area contributed by atoms with Crippen LogP contribution in [-0.2, 0) is 19.3 Å². The standard InChI is InChI=1S/C10H15N5S2/c1-7-8(12-6-17-7)5-16-10-14-13-9(4-11-2)15(10)3/h6,11H,4-5H2,1-3H3. The molecule has 7 heteroatoms. The lowest BCUT2D eigenvalue weighted by molar-refractivity contribution is 0.682. The number of hydrogen-bond acceptors (Lipinski definition) is 6. The van der Waals surface area contributed by atoms with Gasteiger partial charge >= 0.3 is 0 Å². The van der Waals surface area contributed by atoms with Crippen LogP contribution in [0.25, 0.3) is 0 Å². The molecule has 0 bridgehead atoms. The summed E-state index contributed by atoms with van der Waals surface area (Å²) in [5.41, 5.74) is 3.02. The molecule has 5 nitrogen and oxygen atoms in total. The van der Waals surface area contributed by atoms with E-state index < -0.39 is 0 Å². The SMILES string of the molecule is CNCc1nnc(SCc2ncsc2C)n1C. The van der Waals surface area contributed by atoms with Crippen LogP contribution in [0.4, 0.5) is 0 Å². The van der Waals surface area contributed by atoms with Crippen molar-refractivity contribution in [3.63, 3.8) is 0 Å². The monoisotopic (exact) mass is 269 g/mol. The van der Waals surface area contributed by atoms with Crippen LogP contribution < -0.4 is 5.32 Å². The van der Waals surface area contributed by atoms with E-state index >= 15 is 0 Å². The maximum Gasteiger partial charge on any atom is 0.191 e. The van der Waals surface area contributed by atoms with Gasteiger partial charge in [-0.1, -0.05) is 11.8 Å². The first-order valence-corrected chi connectivity index (χ1v) is 7.13. The van der Waals surface area contributed by atoms with Crippen molar-refractivity contribution in [2.24, 2.45) is 7.05 Å². The van der Waals surface area contributed by atoms with Gasteiger partial charge in [0.1, 0.15) is 5.82 Å². The van der Waals surface area contributed by atoms with E-state index in [4.69, 9.17) is 0 Å². The fraction of sp³-hybridized carbons (Fsp3) is 0.500. The molecule has 2 aromatic rings. The lowest BCUT2D eigenvalue weighted by atomic mass is 10.4. The molecule has 17 heavy (non-hydrogen) atoms. The largest absolute Gasteiger partial charge is 0.313 e. The molecular formula is C10H15N5S2. The molecule has 0 aliphatic rings. The Kier molecular flexibility index (Phi) is 4.14. The Morgan fingerprint density at radius 3 is 2.94 bits per heavy atom. The summed E-state index contributed by atoms with van der Waals surface area (Å²) in [5, 5.41) is 12.3. The summed E-state index contributed by atoms with van der Waals surface area (Å²) in [7, 11) is 3.89. The molecule has 2 heterocycles. The molecule has 0 atom stereocenters. The first kappa shape index (κ1) is 12.5. The van der Waals surface area contributed by atoms with Crippen molar-refractivity contribution in [2.45, 2.75) is 24.4 Å². The number of rotatable bonds is 5. The predicted molar refractivity (Wildman–Crippen MR) is 70.2 cm³/mol. The zero-order valence-electron chi connectivity index (χ0n) is 10.1. The average molecular weight is 269 g/mol. The normalized spacial score (nSPS) is 11.0. The fourth-order valence-corrected chi connectivity index (χ4v) is 3.03. The van der Waals surface area contributed by atoms with E-state index in [9.17, 15) is 0 Å². The molecule has 92 valence electrons. The molecular weight excluding hydrogens is 254 g/mol. The van der Waals surface area contributed by atoms with Crippen LogP contribution in [-0.4, -0.2) is 26.8 Å². The van der Waals surface area contributed by atoms with Crippen LogP contribution in [0.1, 0.15) is 16.4 Å². The first-order chi connectivity index (χ1) is 8.22. The van der Waals surface area contributed by atoms with Crippen molar-refractivity contribution in [3.8, 4) is 0 Å². The highest BCUT2D eigenvalue weighted by atomic mass is 32.2. The highest BCUT2D eigenvalue weighted by Gasteiger charge is 2.10. The molecule has 0 amide bonds. The van der Waals surface area contributed by atoms with Gasteiger partial charge in [-0.2, -0.15) is 0 Å². The third-order valence-corrected chi connectivity index (χ3v) is 4.27. The highest BCUT2D eigenvalue weighted by molar-refractivity contribution is 7.98. The van der Waals surface area contributed by atoms with E-state index in [0.29, 0.717) is 0 Å². The van der Waals surface area contributed by atoms with E-state index in [2.05, 4.69) is 27.4 Å². The van der Waals surface area contributed by atoms with Crippen molar-refractivity contribution < 1.29 is 0 Å². The average Bonchev–Trinajstić information content (AvgIpc) is 2.86. The van der Waals surface area contributed by atoms with Crippen LogP contribution in [0.15, 0.2) is 10.7 Å². The summed E-state index contributed by atoms with van der Waals surface area (Å²) < 4.78 is 2.02. The second-order valence-corrected chi connectivity index (χ2v) is 5.63. The van der Waals surface area contributed by atoms with E-state index in [1.807, 2.05) is 24.2 Å². The quantitative estimate of drug-likeness (QED) is 0.835. The summed E-state index contributed by atoms with van der Waals surface area (Å²) in [6.07, 6.45) is 0. The van der Waals surface area contributed by atoms with Gasteiger partial charge in [-0.05, 0) is 14.0 Å². The molecule has 0 fully saturated rings. The topological polar surface area (TPSA) is 55.6 Å². The van der Waals surface area contributed by atoms with Gasteiger partial charge in [0.05, 0.1) is 17.7 Å². The van der Waals surface area contributed by atoms with Gasteiger partial charge in [0.25, 0.3) is 0 Å². The number of nitrogens with zero attached hydrogens (tertiary/aromatic N) is 4. The van der Waals surface area contributed by atoms with Gasteiger partial charge in [-0.3, -0.25) is 0 Å². The first-order valence-electron chi connectivity index (χ1n) is 5.27. The van der Waals surface area contributed by atoms with Crippen molar-refractivity contribution in [1.82, 2.24) is 25.1 Å². The maximum atomic E-state index is 4.33. The molecule has 0 saturated heterocycles. The number of aryl methyl sites for hydroxylation is 1. The molecule has 0 aliphatic carbocycles. The Balaban J connectivity index is 2.02. The molecule has 0 unspecified atom stereocenters. The Labute approximate surface area is 109 Å². The summed E-state index contributed by atoms with van der Waals surface area (Å²) in [5.74, 6) is 1.80. The lowest BCUT2D eigenvalue weighted by Gasteiger charge is -2.02. The number of aromatic nitrogens is 4. The van der Waals surface area contributed by atoms with E-state index in [1.54, 1.807) is 23.1 Å². The number of nitrogens with one attached hydrogen (secondary N) is 1. The lowest BCUT2D eigenvalue weighted by Crippen LogP contribution is -2.10. The van der Waals surface area contributed by atoms with Crippen molar-refractivity contribution in [2.75, 3.05) is 7.05 Å². The molecule has 2 rings (SSSR count). The minimum atomic E-state index is 0.736. The van der Waals surface area contributed by atoms with Gasteiger partial charge in [0.2, 0.25) is 0 Å². The maximum absolute atomic E-state index is 4.33. The van der Waals surface area contributed by atoms with Crippen LogP contribution in [0.5, 0.6) is 0 Å². The molecule has 2 aromatic heterocycles. The minimum Gasteiger partial charge on any atom is -0.313 e. The van der Waals surface area contributed by atoms with Gasteiger partial charge in [0.15, 0.2) is 5.16 Å².